The second-order valence-electron chi connectivity index (χ2n) is 10.4. The van der Waals surface area contributed by atoms with Gasteiger partial charge in [0.25, 0.3) is 0 Å². The summed E-state index contributed by atoms with van der Waals surface area (Å²) in [7, 11) is 0. The third-order valence-corrected chi connectivity index (χ3v) is 7.78. The van der Waals surface area contributed by atoms with Crippen LogP contribution < -0.4 is 0 Å². The normalized spacial score (nSPS) is 31.1. The number of aliphatic imine (C=N–C) groups is 1. The number of rotatable bonds is 8. The van der Waals surface area contributed by atoms with Crippen LogP contribution in [0.15, 0.2) is 58.8 Å². The highest BCUT2D eigenvalue weighted by Gasteiger charge is 2.62. The zero-order chi connectivity index (χ0) is 23.7. The van der Waals surface area contributed by atoms with Gasteiger partial charge in [-0.05, 0) is 81.9 Å². The third kappa shape index (κ3) is 5.37. The van der Waals surface area contributed by atoms with Gasteiger partial charge in [0.05, 0.1) is 23.8 Å². The molecule has 0 radical (unpaired) electrons. The van der Waals surface area contributed by atoms with Crippen LogP contribution in [0.5, 0.6) is 0 Å². The Morgan fingerprint density at radius 2 is 1.82 bits per heavy atom. The van der Waals surface area contributed by atoms with Gasteiger partial charge < -0.3 is 4.74 Å². The summed E-state index contributed by atoms with van der Waals surface area (Å²) in [6.45, 7) is 0.676. The quantitative estimate of drug-likeness (QED) is 0.298. The van der Waals surface area contributed by atoms with Crippen LogP contribution in [-0.4, -0.2) is 30.0 Å². The van der Waals surface area contributed by atoms with Gasteiger partial charge in [-0.25, -0.2) is 0 Å². The number of halogens is 3. The van der Waals surface area contributed by atoms with Crippen LogP contribution in [0.2, 0.25) is 0 Å². The fourth-order valence-electron chi connectivity index (χ4n) is 5.28. The molecule has 3 nitrogen and oxygen atoms in total. The van der Waals surface area contributed by atoms with Crippen molar-refractivity contribution in [2.45, 2.75) is 88.4 Å². The van der Waals surface area contributed by atoms with E-state index in [9.17, 15) is 13.2 Å². The Balaban J connectivity index is 1.16. The molecule has 2 unspecified atom stereocenters. The molecule has 2 fully saturated rings. The van der Waals surface area contributed by atoms with Crippen LogP contribution in [-0.2, 0) is 16.8 Å². The summed E-state index contributed by atoms with van der Waals surface area (Å²) < 4.78 is 46.1. The fourth-order valence-corrected chi connectivity index (χ4v) is 5.28. The van der Waals surface area contributed by atoms with Gasteiger partial charge in [-0.15, -0.1) is 0 Å². The molecule has 4 aliphatic rings. The molecule has 6 heteroatoms. The average molecular weight is 471 g/mol. The Kier molecular flexibility index (Phi) is 6.54. The molecule has 0 bridgehead atoms. The second kappa shape index (κ2) is 9.44. The molecule has 0 aromatic carbocycles. The van der Waals surface area contributed by atoms with Gasteiger partial charge in [0, 0.05) is 18.8 Å². The van der Waals surface area contributed by atoms with Gasteiger partial charge >= 0.3 is 6.18 Å². The van der Waals surface area contributed by atoms with Gasteiger partial charge in [-0.2, -0.15) is 13.2 Å². The maximum Gasteiger partial charge on any atom is 0.394 e. The standard InChI is InChI=1S/C28H33F3N2O/c29-28(30,31)26(14-15-26)17-21-5-1-2-6-22(8-3-7-21)18-27(20-34-27)25-13-11-23(19-33-25)10-12-24-9-4-16-32-24/h4-5,8-9,11,13,16,19,24H,1-3,6-7,10,12,14-15,17-18,20H2/b21-5+,22-8+. The zero-order valence-electron chi connectivity index (χ0n) is 19.6. The van der Waals surface area contributed by atoms with Crippen LogP contribution in [0.3, 0.4) is 0 Å². The summed E-state index contributed by atoms with van der Waals surface area (Å²) in [5.74, 6) is 0. The lowest BCUT2D eigenvalue weighted by molar-refractivity contribution is -0.186. The maximum atomic E-state index is 13.4. The van der Waals surface area contributed by atoms with Crippen LogP contribution in [0.25, 0.3) is 0 Å². The van der Waals surface area contributed by atoms with E-state index in [2.05, 4.69) is 35.4 Å². The van der Waals surface area contributed by atoms with Gasteiger partial charge in [0.2, 0.25) is 0 Å². The predicted octanol–water partition coefficient (Wildman–Crippen LogP) is 7.19. The number of aromatic nitrogens is 1. The molecule has 34 heavy (non-hydrogen) atoms. The molecule has 2 aliphatic carbocycles. The highest BCUT2D eigenvalue weighted by atomic mass is 19.4. The van der Waals surface area contributed by atoms with E-state index < -0.39 is 11.6 Å². The summed E-state index contributed by atoms with van der Waals surface area (Å²) in [5.41, 5.74) is 2.76. The zero-order valence-corrected chi connectivity index (χ0v) is 19.6. The minimum absolute atomic E-state index is 0.187. The van der Waals surface area contributed by atoms with Crippen molar-refractivity contribution < 1.29 is 17.9 Å². The third-order valence-electron chi connectivity index (χ3n) is 7.78. The number of hydrogen-bond acceptors (Lipinski definition) is 3. The summed E-state index contributed by atoms with van der Waals surface area (Å²) in [4.78, 5) is 9.14. The number of alkyl halides is 3. The predicted molar refractivity (Wildman–Crippen MR) is 128 cm³/mol. The first-order valence-corrected chi connectivity index (χ1v) is 12.6. The molecule has 1 aromatic rings. The van der Waals surface area contributed by atoms with Crippen molar-refractivity contribution in [1.29, 1.82) is 0 Å². The van der Waals surface area contributed by atoms with E-state index in [1.54, 1.807) is 0 Å². The van der Waals surface area contributed by atoms with Crippen molar-refractivity contribution in [3.05, 3.63) is 65.0 Å². The largest absolute Gasteiger partial charge is 0.394 e. The van der Waals surface area contributed by atoms with Crippen molar-refractivity contribution >= 4 is 6.21 Å². The Morgan fingerprint density at radius 1 is 1.03 bits per heavy atom. The van der Waals surface area contributed by atoms with Crippen molar-refractivity contribution in [2.75, 3.05) is 6.61 Å². The van der Waals surface area contributed by atoms with Crippen LogP contribution >= 0.6 is 0 Å². The minimum Gasteiger partial charge on any atom is -0.362 e. The highest BCUT2D eigenvalue weighted by molar-refractivity contribution is 5.74. The van der Waals surface area contributed by atoms with Gasteiger partial charge in [-0.1, -0.05) is 35.4 Å². The molecule has 0 spiro atoms. The number of ether oxygens (including phenoxy) is 1. The molecule has 3 heterocycles. The molecule has 1 aromatic heterocycles. The molecule has 1 saturated carbocycles. The molecule has 5 rings (SSSR count). The number of pyridine rings is 1. The first kappa shape index (κ1) is 23.5. The summed E-state index contributed by atoms with van der Waals surface area (Å²) in [5, 5.41) is 0. The van der Waals surface area contributed by atoms with Crippen LogP contribution in [0.1, 0.15) is 75.5 Å². The Morgan fingerprint density at radius 3 is 2.47 bits per heavy atom. The average Bonchev–Trinajstić information content (AvgIpc) is 3.71. The van der Waals surface area contributed by atoms with E-state index in [4.69, 9.17) is 9.72 Å². The second-order valence-corrected chi connectivity index (χ2v) is 10.4. The fraction of sp³-hybridized carbons (Fsp3) is 0.571. The van der Waals surface area contributed by atoms with Crippen molar-refractivity contribution in [3.8, 4) is 0 Å². The Hall–Kier alpha value is -2.21. The van der Waals surface area contributed by atoms with Gasteiger partial charge in [-0.3, -0.25) is 9.98 Å². The number of allylic oxidation sites excluding steroid dienone is 4. The molecule has 1 saturated heterocycles. The molecular weight excluding hydrogens is 437 g/mol. The van der Waals surface area contributed by atoms with E-state index >= 15 is 0 Å². The van der Waals surface area contributed by atoms with E-state index in [1.807, 2.05) is 18.5 Å². The van der Waals surface area contributed by atoms with Gasteiger partial charge in [0.1, 0.15) is 5.60 Å². The van der Waals surface area contributed by atoms with Crippen LogP contribution in [0.4, 0.5) is 13.2 Å². The van der Waals surface area contributed by atoms with E-state index in [0.717, 1.165) is 62.6 Å². The maximum absolute atomic E-state index is 13.4. The van der Waals surface area contributed by atoms with Crippen LogP contribution in [0, 0.1) is 5.41 Å². The molecule has 0 amide bonds. The smallest absolute Gasteiger partial charge is 0.362 e. The molecule has 182 valence electrons. The summed E-state index contributed by atoms with van der Waals surface area (Å²) in [6.07, 6.45) is 16.0. The molecule has 0 N–H and O–H groups in total. The highest BCUT2D eigenvalue weighted by Crippen LogP contribution is 2.61. The molecular formula is C28H33F3N2O. The van der Waals surface area contributed by atoms with Gasteiger partial charge in [0.15, 0.2) is 0 Å². The SMILES string of the molecule is FC(F)(F)C1(C/C2=C/CCC/C(CC3(c4ccc(CCC5C=CC=N5)cn4)CO3)=C\CC2)CC1. The number of aryl methyl sites for hydroxylation is 1. The minimum atomic E-state index is -4.08. The number of nitrogens with zero attached hydrogens (tertiary/aromatic N) is 2. The first-order valence-electron chi connectivity index (χ1n) is 12.6. The summed E-state index contributed by atoms with van der Waals surface area (Å²) >= 11 is 0. The number of hydrogen-bond donors (Lipinski definition) is 0. The Labute approximate surface area is 199 Å². The first-order chi connectivity index (χ1) is 16.4. The van der Waals surface area contributed by atoms with Crippen molar-refractivity contribution in [2.24, 2.45) is 10.4 Å². The van der Waals surface area contributed by atoms with E-state index in [0.29, 0.717) is 6.61 Å². The molecule has 2 aliphatic heterocycles. The van der Waals surface area contributed by atoms with E-state index in [1.165, 1.54) is 11.1 Å². The lowest BCUT2D eigenvalue weighted by atomic mass is 9.91. The van der Waals surface area contributed by atoms with Crippen molar-refractivity contribution in [1.82, 2.24) is 4.98 Å². The topological polar surface area (TPSA) is 37.8 Å². The number of epoxide rings is 1. The Bertz CT molecular complexity index is 983. The monoisotopic (exact) mass is 470 g/mol. The van der Waals surface area contributed by atoms with Crippen molar-refractivity contribution in [3.63, 3.8) is 0 Å². The summed E-state index contributed by atoms with van der Waals surface area (Å²) in [6, 6.07) is 4.53. The lowest BCUT2D eigenvalue weighted by Gasteiger charge is -2.20. The lowest BCUT2D eigenvalue weighted by Crippen LogP contribution is -2.25. The van der Waals surface area contributed by atoms with E-state index in [-0.39, 0.29) is 30.9 Å². The molecule has 2 atom stereocenters.